The molecule has 0 aliphatic carbocycles. The first kappa shape index (κ1) is 27.7. The van der Waals surface area contributed by atoms with Crippen LogP contribution in [0.2, 0.25) is 23.3 Å². The van der Waals surface area contributed by atoms with Crippen LogP contribution < -0.4 is 9.46 Å². The molecule has 1 aromatic rings. The summed E-state index contributed by atoms with van der Waals surface area (Å²) in [6, 6.07) is 1.34. The number of nitrogens with zero attached hydrogens (tertiary/aromatic N) is 1. The molecule has 5 nitrogen and oxygen atoms in total. The van der Waals surface area contributed by atoms with Gasteiger partial charge in [0.1, 0.15) is 16.9 Å². The van der Waals surface area contributed by atoms with Crippen LogP contribution in [-0.2, 0) is 21.3 Å². The van der Waals surface area contributed by atoms with Crippen molar-refractivity contribution in [2.45, 2.75) is 95.6 Å². The van der Waals surface area contributed by atoms with Crippen LogP contribution >= 0.6 is 11.6 Å². The third kappa shape index (κ3) is 5.58. The zero-order valence-corrected chi connectivity index (χ0v) is 22.7. The number of hydrogen-bond acceptors (Lipinski definition) is 5. The number of aromatic nitrogens is 1. The molecule has 1 N–H and O–H groups in total. The lowest BCUT2D eigenvalue weighted by Gasteiger charge is -2.39. The molecule has 3 atom stereocenters. The molecular weight excluding hydrogens is 481 g/mol. The van der Waals surface area contributed by atoms with E-state index in [-0.39, 0.29) is 23.2 Å². The molecule has 1 aliphatic heterocycles. The zero-order valence-electron chi connectivity index (χ0n) is 20.2. The number of hydrogen-bond donors (Lipinski definition) is 1. The minimum Gasteiger partial charge on any atom is -0.598 e. The molecule has 2 rings (SSSR count). The minimum atomic E-state index is -4.68. The van der Waals surface area contributed by atoms with E-state index in [9.17, 15) is 17.7 Å². The molecule has 11 heteroatoms. The van der Waals surface area contributed by atoms with Gasteiger partial charge in [-0.2, -0.15) is 13.2 Å². The van der Waals surface area contributed by atoms with Crippen molar-refractivity contribution < 1.29 is 26.9 Å². The summed E-state index contributed by atoms with van der Waals surface area (Å²) in [6.07, 6.45) is -6.48. The molecule has 0 bridgehead atoms. The molecule has 0 saturated carbocycles. The maximum atomic E-state index is 14.2. The van der Waals surface area contributed by atoms with E-state index in [2.05, 4.69) is 9.71 Å². The van der Waals surface area contributed by atoms with Gasteiger partial charge >= 0.3 is 6.18 Å². The predicted molar refractivity (Wildman–Crippen MR) is 125 cm³/mol. The molecule has 0 fully saturated rings. The van der Waals surface area contributed by atoms with E-state index in [0.29, 0.717) is 12.0 Å². The Hall–Kier alpha value is -0.523. The average molecular weight is 515 g/mol. The molecule has 1 aromatic heterocycles. The second kappa shape index (κ2) is 8.92. The fraction of sp³-hybridized carbons (Fsp3) is 0.762. The number of pyridine rings is 1. The highest BCUT2D eigenvalue weighted by Crippen LogP contribution is 2.48. The SMILES string of the molecule is CCC1(N[S+]([O-])C(C)(C)C)COc2c1cc(C(O[Si](C)(C)C(C)(C)C)C(F)(F)F)nc2Cl. The summed E-state index contributed by atoms with van der Waals surface area (Å²) >= 11 is 4.81. The Morgan fingerprint density at radius 2 is 1.84 bits per heavy atom. The number of fused-ring (bicyclic) bond motifs is 1. The van der Waals surface area contributed by atoms with E-state index in [4.69, 9.17) is 20.8 Å². The van der Waals surface area contributed by atoms with Crippen molar-refractivity contribution in [1.29, 1.82) is 0 Å². The number of alkyl halides is 3. The predicted octanol–water partition coefficient (Wildman–Crippen LogP) is 6.41. The molecule has 0 aromatic carbocycles. The third-order valence-electron chi connectivity index (χ3n) is 6.16. The minimum absolute atomic E-state index is 0.0886. The number of ether oxygens (including phenoxy) is 1. The van der Waals surface area contributed by atoms with Crippen LogP contribution in [0.15, 0.2) is 6.07 Å². The summed E-state index contributed by atoms with van der Waals surface area (Å²) in [5.74, 6) is 0.212. The maximum Gasteiger partial charge on any atom is 0.419 e. The summed E-state index contributed by atoms with van der Waals surface area (Å²) in [5.41, 5.74) is -0.861. The normalized spacial score (nSPS) is 21.8. The van der Waals surface area contributed by atoms with E-state index < -0.39 is 47.3 Å². The average Bonchev–Trinajstić information content (AvgIpc) is 2.96. The standard InChI is InChI=1S/C21H34ClF3N2O3SSi/c1-10-20(27-31(28)18(2,3)4)12-29-15-13(20)11-14(26-17(15)22)16(21(23,24)25)30-32(8,9)19(5,6)7/h11,16,27H,10,12H2,1-9H3. The van der Waals surface area contributed by atoms with Crippen molar-refractivity contribution in [2.75, 3.05) is 6.61 Å². The number of rotatable bonds is 6. The molecule has 32 heavy (non-hydrogen) atoms. The Balaban J connectivity index is 2.60. The van der Waals surface area contributed by atoms with E-state index >= 15 is 0 Å². The molecule has 184 valence electrons. The van der Waals surface area contributed by atoms with Gasteiger partial charge in [0.2, 0.25) is 0 Å². The lowest BCUT2D eigenvalue weighted by Crippen LogP contribution is -2.52. The molecular formula is C21H34ClF3N2O3SSi. The molecule has 0 spiro atoms. The van der Waals surface area contributed by atoms with Gasteiger partial charge in [0.15, 0.2) is 25.3 Å². The Bertz CT molecular complexity index is 843. The summed E-state index contributed by atoms with van der Waals surface area (Å²) in [6.45, 7) is 16.5. The first-order valence-electron chi connectivity index (χ1n) is 10.5. The Kier molecular flexibility index (Phi) is 7.73. The van der Waals surface area contributed by atoms with Crippen molar-refractivity contribution in [3.8, 4) is 5.75 Å². The Labute approximate surface area is 198 Å². The van der Waals surface area contributed by atoms with Gasteiger partial charge < -0.3 is 13.7 Å². The highest BCUT2D eigenvalue weighted by atomic mass is 35.5. The van der Waals surface area contributed by atoms with Crippen LogP contribution in [0.5, 0.6) is 5.75 Å². The Morgan fingerprint density at radius 1 is 1.28 bits per heavy atom. The molecule has 3 unspecified atom stereocenters. The smallest absolute Gasteiger partial charge is 0.419 e. The van der Waals surface area contributed by atoms with E-state index in [1.165, 1.54) is 6.07 Å². The zero-order chi connectivity index (χ0) is 24.9. The van der Waals surface area contributed by atoms with Crippen molar-refractivity contribution in [3.63, 3.8) is 0 Å². The summed E-state index contributed by atoms with van der Waals surface area (Å²) in [4.78, 5) is 4.02. The van der Waals surface area contributed by atoms with E-state index in [0.717, 1.165) is 0 Å². The lowest BCUT2D eigenvalue weighted by molar-refractivity contribution is -0.202. The summed E-state index contributed by atoms with van der Waals surface area (Å²) < 4.78 is 69.4. The second-order valence-electron chi connectivity index (χ2n) is 10.7. The summed E-state index contributed by atoms with van der Waals surface area (Å²) in [7, 11) is -2.80. The van der Waals surface area contributed by atoms with Gasteiger partial charge in [0.05, 0.1) is 5.69 Å². The molecule has 0 amide bonds. The molecule has 2 heterocycles. The van der Waals surface area contributed by atoms with E-state index in [1.807, 2.05) is 48.5 Å². The van der Waals surface area contributed by atoms with Gasteiger partial charge in [0.25, 0.3) is 0 Å². The first-order chi connectivity index (χ1) is 14.2. The molecule has 1 aliphatic rings. The quantitative estimate of drug-likeness (QED) is 0.270. The second-order valence-corrected chi connectivity index (χ2v) is 17.8. The van der Waals surface area contributed by atoms with Crippen LogP contribution in [0.4, 0.5) is 13.2 Å². The van der Waals surface area contributed by atoms with Crippen molar-refractivity contribution in [3.05, 3.63) is 22.5 Å². The van der Waals surface area contributed by atoms with Gasteiger partial charge in [-0.15, -0.1) is 4.72 Å². The van der Waals surface area contributed by atoms with E-state index in [1.54, 1.807) is 13.1 Å². The van der Waals surface area contributed by atoms with Gasteiger partial charge in [-0.3, -0.25) is 0 Å². The highest BCUT2D eigenvalue weighted by molar-refractivity contribution is 7.90. The topological polar surface area (TPSA) is 66.4 Å². The van der Waals surface area contributed by atoms with Crippen LogP contribution in [-0.4, -0.2) is 35.4 Å². The van der Waals surface area contributed by atoms with Gasteiger partial charge in [0, 0.05) is 16.9 Å². The summed E-state index contributed by atoms with van der Waals surface area (Å²) in [5, 5.41) is -0.595. The van der Waals surface area contributed by atoms with Crippen LogP contribution in [0, 0.1) is 0 Å². The Morgan fingerprint density at radius 3 is 2.28 bits per heavy atom. The van der Waals surface area contributed by atoms with Crippen LogP contribution in [0.25, 0.3) is 0 Å². The molecule has 0 saturated heterocycles. The molecule has 0 radical (unpaired) electrons. The lowest BCUT2D eigenvalue weighted by atomic mass is 9.90. The van der Waals surface area contributed by atoms with Crippen molar-refractivity contribution in [2.24, 2.45) is 0 Å². The number of nitrogens with one attached hydrogen (secondary N) is 1. The largest absolute Gasteiger partial charge is 0.598 e. The maximum absolute atomic E-state index is 14.2. The first-order valence-corrected chi connectivity index (χ1v) is 15.0. The fourth-order valence-corrected chi connectivity index (χ4v) is 5.39. The van der Waals surface area contributed by atoms with Gasteiger partial charge in [-0.25, -0.2) is 4.98 Å². The van der Waals surface area contributed by atoms with Crippen LogP contribution in [0.3, 0.4) is 0 Å². The van der Waals surface area contributed by atoms with Gasteiger partial charge in [-0.1, -0.05) is 39.3 Å². The highest BCUT2D eigenvalue weighted by Gasteiger charge is 2.52. The monoisotopic (exact) mass is 514 g/mol. The van der Waals surface area contributed by atoms with Crippen LogP contribution in [0.1, 0.15) is 72.2 Å². The van der Waals surface area contributed by atoms with Crippen molar-refractivity contribution in [1.82, 2.24) is 9.71 Å². The van der Waals surface area contributed by atoms with Crippen molar-refractivity contribution >= 4 is 31.3 Å². The third-order valence-corrected chi connectivity index (χ3v) is 12.5. The number of halogens is 4. The fourth-order valence-electron chi connectivity index (χ4n) is 2.97. The van der Waals surface area contributed by atoms with Gasteiger partial charge in [-0.05, 0) is 51.4 Å².